The standard InChI is InChI=1S/C19H24BrFN2O4.C18H21BrFNO3.CH3.ClH.HI.Mg/c1-18(2,3)27-17(25)23-10-19(12-8-11(20)6-7-14(12)21)9-13(19)15(23)16(24)22(4)26-5;1-10(22)15-13-8-18(13,12-7-11(19)5-6-14(12)20)9-21(15)16(23)24-17(2,3)4;;;;/h6-8,13,15H,9-10H2,1-5H3;5-7,13,15H,8-9H2,1-4H3;1H3;2*1H;/q;;-1;;;+2/p-1/t13-,15?,19+;13-,15?,18+;;;;/m00..../s1. The van der Waals surface area contributed by atoms with Crippen molar-refractivity contribution in [1.82, 2.24) is 14.9 Å². The molecule has 0 radical (unpaired) electrons. The van der Waals surface area contributed by atoms with Crippen LogP contribution in [0.1, 0.15) is 72.4 Å². The number of piperidine rings is 2. The fourth-order valence-corrected chi connectivity index (χ4v) is 8.45. The Kier molecular flexibility index (Phi) is 17.6. The number of halogens is 6. The number of carbonyl (C=O) groups excluding carboxylic acids is 4. The zero-order valence-corrected chi connectivity index (χ0v) is 40.4. The van der Waals surface area contributed by atoms with Gasteiger partial charge in [-0.05, 0) is 115 Å². The minimum absolute atomic E-state index is 0. The molecule has 0 aromatic heterocycles. The van der Waals surface area contributed by atoms with Crippen molar-refractivity contribution in [1.29, 1.82) is 0 Å². The molecule has 6 rings (SSSR count). The van der Waals surface area contributed by atoms with Gasteiger partial charge < -0.3 is 40.9 Å². The summed E-state index contributed by atoms with van der Waals surface area (Å²) in [5.74, 6) is -1.29. The maximum Gasteiger partial charge on any atom is 2.00 e. The van der Waals surface area contributed by atoms with Gasteiger partial charge in [0.15, 0.2) is 5.78 Å². The van der Waals surface area contributed by atoms with Crippen LogP contribution in [-0.4, -0.2) is 112 Å². The molecule has 302 valence electrons. The summed E-state index contributed by atoms with van der Waals surface area (Å²) in [7, 11) is 2.89. The molecule has 17 heteroatoms. The number of Topliss-reactive ketones (excluding diaryl/α,β-unsaturated/α-hetero) is 1. The van der Waals surface area contributed by atoms with Gasteiger partial charge in [-0.15, -0.1) is 12.4 Å². The van der Waals surface area contributed by atoms with Crippen LogP contribution in [0.5, 0.6) is 0 Å². The molecule has 2 aromatic rings. The number of hydrogen-bond donors (Lipinski definition) is 0. The molecule has 55 heavy (non-hydrogen) atoms. The topological polar surface area (TPSA) is 106 Å². The first kappa shape index (κ1) is 51.7. The second kappa shape index (κ2) is 18.7. The van der Waals surface area contributed by atoms with E-state index in [2.05, 4.69) is 31.9 Å². The van der Waals surface area contributed by atoms with E-state index in [0.29, 0.717) is 30.5 Å². The number of fused-ring (bicyclic) bond motifs is 2. The molecule has 3 amide bonds. The molecule has 10 nitrogen and oxygen atoms in total. The average Bonchev–Trinajstić information content (AvgIpc) is 3.86. The van der Waals surface area contributed by atoms with E-state index in [9.17, 15) is 28.0 Å². The molecular weight excluding hydrogens is 995 g/mol. The van der Waals surface area contributed by atoms with Crippen LogP contribution in [0.3, 0.4) is 0 Å². The molecule has 0 bridgehead atoms. The van der Waals surface area contributed by atoms with Crippen LogP contribution < -0.4 is 24.0 Å². The number of benzene rings is 2. The number of ether oxygens (including phenoxy) is 2. The normalized spacial score (nSPS) is 25.5. The monoisotopic (exact) mass is 1040 g/mol. The van der Waals surface area contributed by atoms with E-state index in [1.165, 1.54) is 43.0 Å². The average molecular weight is 1040 g/mol. The molecule has 2 aliphatic heterocycles. The molecule has 2 saturated heterocycles. The maximum atomic E-state index is 14.6. The number of hydroxylamine groups is 2. The van der Waals surface area contributed by atoms with Gasteiger partial charge in [0.2, 0.25) is 0 Å². The third-order valence-corrected chi connectivity index (χ3v) is 11.0. The number of rotatable bonds is 5. The summed E-state index contributed by atoms with van der Waals surface area (Å²) in [6.07, 6.45) is 0.259. The molecule has 0 spiro atoms. The Morgan fingerprint density at radius 2 is 1.15 bits per heavy atom. The van der Waals surface area contributed by atoms with Crippen LogP contribution in [0.2, 0.25) is 0 Å². The van der Waals surface area contributed by atoms with E-state index in [0.717, 1.165) is 14.0 Å². The van der Waals surface area contributed by atoms with E-state index < -0.39 is 46.3 Å². The molecular formula is C38H49Br2ClF2IMgN3O7. The first-order valence-electron chi connectivity index (χ1n) is 16.8. The van der Waals surface area contributed by atoms with Gasteiger partial charge in [0, 0.05) is 45.8 Å². The number of likely N-dealkylation sites (tertiary alicyclic amines) is 2. The first-order valence-corrected chi connectivity index (χ1v) is 18.4. The van der Waals surface area contributed by atoms with E-state index >= 15 is 0 Å². The van der Waals surface area contributed by atoms with Crippen LogP contribution in [0.4, 0.5) is 18.4 Å². The largest absolute Gasteiger partial charge is 2.00 e. The summed E-state index contributed by atoms with van der Waals surface area (Å²) in [5.41, 5.74) is -1.32. The molecule has 2 aromatic carbocycles. The van der Waals surface area contributed by atoms with E-state index in [1.54, 1.807) is 65.8 Å². The summed E-state index contributed by atoms with van der Waals surface area (Å²) in [4.78, 5) is 58.2. The number of carbonyl (C=O) groups is 4. The smallest absolute Gasteiger partial charge is 1.00 e. The Balaban J connectivity index is 0.000000515. The Morgan fingerprint density at radius 3 is 1.49 bits per heavy atom. The van der Waals surface area contributed by atoms with Gasteiger partial charge in [-0.25, -0.2) is 23.4 Å². The van der Waals surface area contributed by atoms with Gasteiger partial charge in [0.25, 0.3) is 5.91 Å². The first-order chi connectivity index (χ1) is 23.5. The minimum Gasteiger partial charge on any atom is -1.00 e. The van der Waals surface area contributed by atoms with Gasteiger partial charge in [0.1, 0.15) is 28.9 Å². The number of amides is 3. The van der Waals surface area contributed by atoms with Crippen molar-refractivity contribution in [3.8, 4) is 0 Å². The zero-order chi connectivity index (χ0) is 38.0. The van der Waals surface area contributed by atoms with Crippen LogP contribution in [0.25, 0.3) is 0 Å². The Morgan fingerprint density at radius 1 is 0.782 bits per heavy atom. The fourth-order valence-electron chi connectivity index (χ4n) is 7.73. The number of nitrogens with zero attached hydrogens (tertiary/aromatic N) is 3. The van der Waals surface area contributed by atoms with Gasteiger partial charge in [-0.2, -0.15) is 0 Å². The zero-order valence-electron chi connectivity index (χ0n) is 32.8. The van der Waals surface area contributed by atoms with Crippen molar-refractivity contribution in [2.45, 2.75) is 95.4 Å². The Bertz CT molecular complexity index is 1770. The number of hydrogen-bond acceptors (Lipinski definition) is 7. The quantitative estimate of drug-likeness (QED) is 0.179. The molecule has 2 saturated carbocycles. The van der Waals surface area contributed by atoms with E-state index in [1.807, 2.05) is 0 Å². The maximum absolute atomic E-state index is 14.6. The molecule has 4 aliphatic rings. The van der Waals surface area contributed by atoms with Crippen molar-refractivity contribution in [3.05, 3.63) is 75.5 Å². The SMILES string of the molecule is CC(=O)C1[C@@H]2C[C@]2(c2cc(Br)ccc2F)CN1C(=O)OC(C)(C)C.CON(C)C(=O)C1[C@@H]2C[C@]2(c2cc(Br)ccc2F)CN1C(=O)OC(C)(C)C.Cl.[CH3-].[I-].[Mg+2]. The van der Waals surface area contributed by atoms with Gasteiger partial charge in [-0.1, -0.05) is 31.9 Å². The summed E-state index contributed by atoms with van der Waals surface area (Å²) in [6, 6.07) is 8.30. The summed E-state index contributed by atoms with van der Waals surface area (Å²) in [6.45, 7) is 12.7. The second-order valence-electron chi connectivity index (χ2n) is 15.9. The Hall–Kier alpha value is -1.31. The van der Waals surface area contributed by atoms with Crippen molar-refractivity contribution in [2.24, 2.45) is 11.8 Å². The Labute approximate surface area is 379 Å². The van der Waals surface area contributed by atoms with E-state index in [4.69, 9.17) is 14.3 Å². The summed E-state index contributed by atoms with van der Waals surface area (Å²) < 4.78 is 41.4. The van der Waals surface area contributed by atoms with Crippen LogP contribution >= 0.6 is 44.3 Å². The number of ketones is 1. The second-order valence-corrected chi connectivity index (χ2v) is 17.7. The van der Waals surface area contributed by atoms with E-state index in [-0.39, 0.29) is 109 Å². The van der Waals surface area contributed by atoms with Gasteiger partial charge in [-0.3, -0.25) is 24.2 Å². The molecule has 2 aliphatic carbocycles. The molecule has 4 fully saturated rings. The molecule has 6 atom stereocenters. The molecule has 2 unspecified atom stereocenters. The third kappa shape index (κ3) is 10.7. The third-order valence-electron chi connectivity index (χ3n) is 10.0. The predicted molar refractivity (Wildman–Crippen MR) is 211 cm³/mol. The fraction of sp³-hybridized carbons (Fsp3) is 0.553. The van der Waals surface area contributed by atoms with Crippen LogP contribution in [0.15, 0.2) is 45.3 Å². The van der Waals surface area contributed by atoms with Crippen molar-refractivity contribution in [3.63, 3.8) is 0 Å². The predicted octanol–water partition coefficient (Wildman–Crippen LogP) is 5.03. The van der Waals surface area contributed by atoms with Crippen molar-refractivity contribution in [2.75, 3.05) is 27.2 Å². The summed E-state index contributed by atoms with van der Waals surface area (Å²) in [5, 5.41) is 1.10. The van der Waals surface area contributed by atoms with Gasteiger partial charge >= 0.3 is 35.2 Å². The summed E-state index contributed by atoms with van der Waals surface area (Å²) >= 11 is 6.76. The van der Waals surface area contributed by atoms with Crippen LogP contribution in [0, 0.1) is 30.9 Å². The van der Waals surface area contributed by atoms with Crippen molar-refractivity contribution >= 4 is 91.2 Å². The number of likely N-dealkylation sites (N-methyl/N-ethyl adjacent to an activating group) is 1. The van der Waals surface area contributed by atoms with Crippen molar-refractivity contribution < 1.29 is 66.2 Å². The molecule has 0 N–H and O–H groups in total. The van der Waals surface area contributed by atoms with Gasteiger partial charge in [0.05, 0.1) is 13.2 Å². The minimum atomic E-state index is -0.747. The molecule has 2 heterocycles. The van der Waals surface area contributed by atoms with Crippen LogP contribution in [-0.2, 0) is 34.7 Å².